The van der Waals surface area contributed by atoms with E-state index >= 15 is 0 Å². The van der Waals surface area contributed by atoms with E-state index in [-0.39, 0.29) is 29.7 Å². The van der Waals surface area contributed by atoms with Gasteiger partial charge in [-0.25, -0.2) is 9.18 Å². The van der Waals surface area contributed by atoms with E-state index in [1.807, 2.05) is 20.8 Å². The summed E-state index contributed by atoms with van der Waals surface area (Å²) in [6.07, 6.45) is 1.31. The van der Waals surface area contributed by atoms with E-state index in [4.69, 9.17) is 5.73 Å². The van der Waals surface area contributed by atoms with Gasteiger partial charge in [0.1, 0.15) is 17.2 Å². The molecule has 0 atom stereocenters. The third-order valence-corrected chi connectivity index (χ3v) is 5.00. The monoisotopic (exact) mass is 388 g/mol. The minimum atomic E-state index is -0.791. The maximum Gasteiger partial charge on any atom is 0.329 e. The van der Waals surface area contributed by atoms with Gasteiger partial charge in [0, 0.05) is 24.3 Å². The number of aryl methyl sites for hydroxylation is 1. The van der Waals surface area contributed by atoms with Crippen LogP contribution in [0.2, 0.25) is 0 Å². The van der Waals surface area contributed by atoms with Gasteiger partial charge in [-0.1, -0.05) is 19.9 Å². The van der Waals surface area contributed by atoms with Crippen molar-refractivity contribution in [3.8, 4) is 0 Å². The Morgan fingerprint density at radius 2 is 2.04 bits per heavy atom. The van der Waals surface area contributed by atoms with Crippen LogP contribution in [0, 0.1) is 18.7 Å². The Hall–Kier alpha value is -2.90. The Balaban J connectivity index is 1.99. The number of benzene rings is 1. The molecule has 0 bridgehead atoms. The molecule has 0 amide bonds. The van der Waals surface area contributed by atoms with Gasteiger partial charge >= 0.3 is 5.69 Å². The lowest BCUT2D eigenvalue weighted by molar-refractivity contribution is 0.0997. The summed E-state index contributed by atoms with van der Waals surface area (Å²) in [6.45, 7) is 6.43. The minimum Gasteiger partial charge on any atom is -0.384 e. The van der Waals surface area contributed by atoms with Crippen LogP contribution in [-0.2, 0) is 13.0 Å². The van der Waals surface area contributed by atoms with E-state index < -0.39 is 17.0 Å². The molecule has 2 aromatic rings. The molecule has 3 N–H and O–H groups in total. The van der Waals surface area contributed by atoms with E-state index in [2.05, 4.69) is 4.98 Å². The van der Waals surface area contributed by atoms with Crippen LogP contribution in [0.4, 0.5) is 15.9 Å². The second-order valence-corrected chi connectivity index (χ2v) is 7.66. The molecule has 0 spiro atoms. The molecule has 28 heavy (non-hydrogen) atoms. The zero-order chi connectivity index (χ0) is 20.6. The lowest BCUT2D eigenvalue weighted by atomic mass is 9.97. The zero-order valence-corrected chi connectivity index (χ0v) is 16.3. The van der Waals surface area contributed by atoms with Crippen molar-refractivity contribution in [2.75, 3.05) is 23.7 Å². The molecule has 1 aliphatic rings. The van der Waals surface area contributed by atoms with Crippen molar-refractivity contribution in [2.24, 2.45) is 5.92 Å². The number of hydrogen-bond acceptors (Lipinski definition) is 5. The first-order chi connectivity index (χ1) is 13.2. The van der Waals surface area contributed by atoms with Crippen molar-refractivity contribution in [3.63, 3.8) is 0 Å². The van der Waals surface area contributed by atoms with Gasteiger partial charge in [-0.2, -0.15) is 0 Å². The van der Waals surface area contributed by atoms with E-state index in [1.165, 1.54) is 10.6 Å². The van der Waals surface area contributed by atoms with Crippen LogP contribution in [0.25, 0.3) is 0 Å². The number of carbonyl (C=O) groups is 1. The number of nitrogens with one attached hydrogen (secondary N) is 1. The van der Waals surface area contributed by atoms with E-state index in [0.29, 0.717) is 37.2 Å². The minimum absolute atomic E-state index is 0.105. The molecule has 8 heteroatoms. The van der Waals surface area contributed by atoms with E-state index in [9.17, 15) is 18.8 Å². The van der Waals surface area contributed by atoms with Crippen LogP contribution in [0.1, 0.15) is 41.8 Å². The molecule has 0 unspecified atom stereocenters. The summed E-state index contributed by atoms with van der Waals surface area (Å²) in [5.74, 6) is -0.803. The third-order valence-electron chi connectivity index (χ3n) is 5.00. The molecule has 0 saturated carbocycles. The maximum atomic E-state index is 14.2. The molecule has 150 valence electrons. The van der Waals surface area contributed by atoms with Gasteiger partial charge in [-0.3, -0.25) is 19.1 Å². The quantitative estimate of drug-likeness (QED) is 0.762. The van der Waals surface area contributed by atoms with Crippen molar-refractivity contribution >= 4 is 17.3 Å². The fraction of sp³-hybridized carbons (Fsp3) is 0.450. The highest BCUT2D eigenvalue weighted by molar-refractivity contribution is 6.02. The Kier molecular flexibility index (Phi) is 5.40. The van der Waals surface area contributed by atoms with Gasteiger partial charge in [-0.05, 0) is 37.3 Å². The van der Waals surface area contributed by atoms with Gasteiger partial charge < -0.3 is 10.6 Å². The number of Topliss-reactive ketones (excluding diaryl/α,β-unsaturated/α-hetero) is 1. The van der Waals surface area contributed by atoms with E-state index in [1.54, 1.807) is 11.0 Å². The number of H-pyrrole nitrogens is 1. The summed E-state index contributed by atoms with van der Waals surface area (Å²) in [4.78, 5) is 41.3. The number of nitrogens with two attached hydrogens (primary N) is 1. The fourth-order valence-electron chi connectivity index (χ4n) is 3.78. The second kappa shape index (κ2) is 7.61. The first kappa shape index (κ1) is 19.9. The van der Waals surface area contributed by atoms with E-state index in [0.717, 1.165) is 5.56 Å². The molecule has 7 nitrogen and oxygen atoms in total. The lowest BCUT2D eigenvalue weighted by Gasteiger charge is -2.32. The van der Waals surface area contributed by atoms with Crippen molar-refractivity contribution in [3.05, 3.63) is 55.5 Å². The third kappa shape index (κ3) is 3.58. The highest BCUT2D eigenvalue weighted by atomic mass is 19.1. The number of anilines is 2. The van der Waals surface area contributed by atoms with Crippen molar-refractivity contribution < 1.29 is 9.18 Å². The number of ketones is 1. The summed E-state index contributed by atoms with van der Waals surface area (Å²) >= 11 is 0. The highest BCUT2D eigenvalue weighted by Crippen LogP contribution is 2.32. The number of nitrogen functional groups attached to an aromatic ring is 1. The van der Waals surface area contributed by atoms with Gasteiger partial charge in [0.25, 0.3) is 5.56 Å². The predicted molar refractivity (Wildman–Crippen MR) is 107 cm³/mol. The molecular formula is C20H25FN4O3. The largest absolute Gasteiger partial charge is 0.384 e. The lowest BCUT2D eigenvalue weighted by Crippen LogP contribution is -2.41. The zero-order valence-electron chi connectivity index (χ0n) is 16.3. The molecule has 0 aliphatic carbocycles. The fourth-order valence-corrected chi connectivity index (χ4v) is 3.78. The number of rotatable bonds is 5. The maximum absolute atomic E-state index is 14.2. The van der Waals surface area contributed by atoms with Gasteiger partial charge in [0.05, 0.1) is 6.54 Å². The molecule has 1 aromatic heterocycles. The molecule has 0 fully saturated rings. The SMILES string of the molecule is Cc1ccc(F)c2c1N(CC(=O)c1c(N)n(CC(C)C)c(=O)[nH]c1=O)CCC2. The Morgan fingerprint density at radius 3 is 2.71 bits per heavy atom. The normalized spacial score (nSPS) is 13.7. The first-order valence-electron chi connectivity index (χ1n) is 9.39. The van der Waals surface area contributed by atoms with Crippen LogP contribution in [-0.4, -0.2) is 28.4 Å². The summed E-state index contributed by atoms with van der Waals surface area (Å²) in [7, 11) is 0. The second-order valence-electron chi connectivity index (χ2n) is 7.66. The van der Waals surface area contributed by atoms with Crippen LogP contribution in [0.5, 0.6) is 0 Å². The molecule has 2 heterocycles. The molecule has 0 saturated heterocycles. The Bertz CT molecular complexity index is 1040. The number of aromatic amines is 1. The number of fused-ring (bicyclic) bond motifs is 1. The first-order valence-corrected chi connectivity index (χ1v) is 9.39. The average molecular weight is 388 g/mol. The average Bonchev–Trinajstić information content (AvgIpc) is 2.61. The van der Waals surface area contributed by atoms with Gasteiger partial charge in [0.2, 0.25) is 0 Å². The molecule has 3 rings (SSSR count). The summed E-state index contributed by atoms with van der Waals surface area (Å²) < 4.78 is 15.4. The highest BCUT2D eigenvalue weighted by Gasteiger charge is 2.26. The van der Waals surface area contributed by atoms with Crippen molar-refractivity contribution in [2.45, 2.75) is 40.2 Å². The number of aromatic nitrogens is 2. The molecule has 1 aliphatic heterocycles. The van der Waals surface area contributed by atoms with Crippen LogP contribution in [0.3, 0.4) is 0 Å². The number of halogens is 1. The predicted octanol–water partition coefficient (Wildman–Crippen LogP) is 1.86. The number of carbonyl (C=O) groups excluding carboxylic acids is 1. The van der Waals surface area contributed by atoms with Crippen LogP contribution < -0.4 is 21.9 Å². The summed E-state index contributed by atoms with van der Waals surface area (Å²) in [6, 6.07) is 3.12. The standard InChI is InChI=1S/C20H25FN4O3/c1-11(2)9-25-18(22)16(19(27)23-20(25)28)15(26)10-24-8-4-5-13-14(21)7-6-12(3)17(13)24/h6-7,11H,4-5,8-10,22H2,1-3H3,(H,23,27,28). The van der Waals surface area contributed by atoms with Crippen LogP contribution in [0.15, 0.2) is 21.7 Å². The molecular weight excluding hydrogens is 363 g/mol. The topological polar surface area (TPSA) is 101 Å². The van der Waals surface area contributed by atoms with Crippen molar-refractivity contribution in [1.82, 2.24) is 9.55 Å². The molecule has 1 aromatic carbocycles. The van der Waals surface area contributed by atoms with Crippen LogP contribution >= 0.6 is 0 Å². The Labute approximate surface area is 162 Å². The number of hydrogen-bond donors (Lipinski definition) is 2. The van der Waals surface area contributed by atoms with Gasteiger partial charge in [-0.15, -0.1) is 0 Å². The van der Waals surface area contributed by atoms with Crippen molar-refractivity contribution in [1.29, 1.82) is 0 Å². The summed E-state index contributed by atoms with van der Waals surface area (Å²) in [5.41, 5.74) is 6.55. The van der Waals surface area contributed by atoms with Gasteiger partial charge in [0.15, 0.2) is 5.78 Å². The number of nitrogens with zero attached hydrogens (tertiary/aromatic N) is 2. The molecule has 0 radical (unpaired) electrons. The smallest absolute Gasteiger partial charge is 0.329 e. The Morgan fingerprint density at radius 1 is 1.32 bits per heavy atom. The summed E-state index contributed by atoms with van der Waals surface area (Å²) in [5, 5.41) is 0.